The molecule has 0 radical (unpaired) electrons. The van der Waals surface area contributed by atoms with Gasteiger partial charge >= 0.3 is 0 Å². The average Bonchev–Trinajstić information content (AvgIpc) is 2.84. The molecular formula is C13H18BrN5O. The number of anilines is 1. The maximum Gasteiger partial charge on any atom is 0.283 e. The fraction of sp³-hybridized carbons (Fsp3) is 0.462. The van der Waals surface area contributed by atoms with E-state index in [1.54, 1.807) is 12.4 Å². The minimum absolute atomic E-state index is 0.0996. The molecule has 2 heterocycles. The van der Waals surface area contributed by atoms with Crippen LogP contribution in [0.3, 0.4) is 0 Å². The van der Waals surface area contributed by atoms with E-state index >= 15 is 0 Å². The van der Waals surface area contributed by atoms with Crippen molar-refractivity contribution in [1.82, 2.24) is 19.6 Å². The quantitative estimate of drug-likeness (QED) is 0.871. The van der Waals surface area contributed by atoms with Crippen LogP contribution in [0.15, 0.2) is 27.7 Å². The van der Waals surface area contributed by atoms with E-state index < -0.39 is 0 Å². The predicted molar refractivity (Wildman–Crippen MR) is 81.9 cm³/mol. The maximum absolute atomic E-state index is 12.0. The van der Waals surface area contributed by atoms with Gasteiger partial charge in [0.25, 0.3) is 5.56 Å². The van der Waals surface area contributed by atoms with E-state index in [1.807, 2.05) is 24.7 Å². The second kappa shape index (κ2) is 6.69. The van der Waals surface area contributed by atoms with Gasteiger partial charge in [0.1, 0.15) is 4.47 Å². The third kappa shape index (κ3) is 3.27. The lowest BCUT2D eigenvalue weighted by Crippen LogP contribution is -2.24. The molecule has 0 unspecified atom stereocenters. The highest BCUT2D eigenvalue weighted by Crippen LogP contribution is 2.16. The van der Waals surface area contributed by atoms with E-state index in [9.17, 15) is 4.79 Å². The lowest BCUT2D eigenvalue weighted by atomic mass is 10.3. The van der Waals surface area contributed by atoms with Crippen molar-refractivity contribution in [1.29, 1.82) is 0 Å². The molecule has 6 nitrogen and oxygen atoms in total. The van der Waals surface area contributed by atoms with Gasteiger partial charge in [0.15, 0.2) is 0 Å². The Morgan fingerprint density at radius 1 is 1.40 bits per heavy atom. The molecule has 0 aliphatic carbocycles. The predicted octanol–water partition coefficient (Wildman–Crippen LogP) is 1.80. The molecule has 2 rings (SSSR count). The first-order valence-electron chi connectivity index (χ1n) is 6.60. The van der Waals surface area contributed by atoms with Crippen LogP contribution in [0.25, 0.3) is 0 Å². The molecule has 0 saturated heterocycles. The summed E-state index contributed by atoms with van der Waals surface area (Å²) in [4.78, 5) is 12.0. The Bertz CT molecular complexity index is 634. The molecule has 0 aliphatic rings. The smallest absolute Gasteiger partial charge is 0.283 e. The lowest BCUT2D eigenvalue weighted by Gasteiger charge is -2.10. The van der Waals surface area contributed by atoms with Crippen LogP contribution in [0.1, 0.15) is 19.0 Å². The Labute approximate surface area is 125 Å². The molecule has 20 heavy (non-hydrogen) atoms. The van der Waals surface area contributed by atoms with Crippen LogP contribution in [0.4, 0.5) is 5.69 Å². The Kier molecular flexibility index (Phi) is 4.94. The normalized spacial score (nSPS) is 10.8. The van der Waals surface area contributed by atoms with Gasteiger partial charge in [-0.25, -0.2) is 4.68 Å². The highest BCUT2D eigenvalue weighted by molar-refractivity contribution is 9.10. The number of nitrogens with zero attached hydrogens (tertiary/aromatic N) is 4. The molecule has 0 amide bonds. The van der Waals surface area contributed by atoms with Crippen LogP contribution >= 0.6 is 15.9 Å². The number of hydrogen-bond donors (Lipinski definition) is 1. The van der Waals surface area contributed by atoms with Crippen LogP contribution in [-0.2, 0) is 20.0 Å². The fourth-order valence-corrected chi connectivity index (χ4v) is 2.38. The van der Waals surface area contributed by atoms with Gasteiger partial charge in [-0.2, -0.15) is 10.2 Å². The van der Waals surface area contributed by atoms with E-state index in [4.69, 9.17) is 0 Å². The fourth-order valence-electron chi connectivity index (χ4n) is 1.93. The first-order valence-corrected chi connectivity index (χ1v) is 7.39. The number of aromatic nitrogens is 4. The minimum Gasteiger partial charge on any atom is -0.382 e. The summed E-state index contributed by atoms with van der Waals surface area (Å²) in [5, 5.41) is 11.5. The zero-order valence-corrected chi connectivity index (χ0v) is 13.2. The summed E-state index contributed by atoms with van der Waals surface area (Å²) in [7, 11) is 1.92. The van der Waals surface area contributed by atoms with Crippen molar-refractivity contribution in [3.63, 3.8) is 0 Å². The maximum atomic E-state index is 12.0. The zero-order chi connectivity index (χ0) is 14.5. The monoisotopic (exact) mass is 339 g/mol. The van der Waals surface area contributed by atoms with Crippen LogP contribution in [0.2, 0.25) is 0 Å². The Morgan fingerprint density at radius 2 is 2.20 bits per heavy atom. The van der Waals surface area contributed by atoms with Gasteiger partial charge in [0, 0.05) is 38.4 Å². The molecule has 0 atom stereocenters. The summed E-state index contributed by atoms with van der Waals surface area (Å²) in [5.41, 5.74) is 1.77. The van der Waals surface area contributed by atoms with Gasteiger partial charge in [-0.05, 0) is 28.4 Å². The van der Waals surface area contributed by atoms with Gasteiger partial charge in [0.2, 0.25) is 0 Å². The molecule has 0 saturated carbocycles. The molecule has 2 aromatic rings. The molecule has 0 bridgehead atoms. The van der Waals surface area contributed by atoms with Crippen LogP contribution in [0, 0.1) is 0 Å². The molecule has 0 spiro atoms. The molecule has 0 aliphatic heterocycles. The third-order valence-electron chi connectivity index (χ3n) is 3.04. The van der Waals surface area contributed by atoms with Crippen LogP contribution < -0.4 is 10.9 Å². The Balaban J connectivity index is 2.02. The Hall–Kier alpha value is -1.63. The first kappa shape index (κ1) is 14.8. The summed E-state index contributed by atoms with van der Waals surface area (Å²) in [6.45, 7) is 3.37. The number of aryl methyl sites for hydroxylation is 2. The van der Waals surface area contributed by atoms with Crippen LogP contribution in [0.5, 0.6) is 0 Å². The summed E-state index contributed by atoms with van der Waals surface area (Å²) in [6, 6.07) is 1.98. The van der Waals surface area contributed by atoms with Crippen molar-refractivity contribution in [3.8, 4) is 0 Å². The molecule has 0 fully saturated rings. The second-order valence-corrected chi connectivity index (χ2v) is 5.32. The molecule has 7 heteroatoms. The van der Waals surface area contributed by atoms with Gasteiger partial charge in [-0.3, -0.25) is 9.48 Å². The summed E-state index contributed by atoms with van der Waals surface area (Å²) >= 11 is 3.34. The first-order chi connectivity index (χ1) is 9.63. The average molecular weight is 340 g/mol. The summed E-state index contributed by atoms with van der Waals surface area (Å²) in [6.07, 6.45) is 5.18. The van der Waals surface area contributed by atoms with Crippen molar-refractivity contribution >= 4 is 21.6 Å². The van der Waals surface area contributed by atoms with Crippen molar-refractivity contribution in [3.05, 3.63) is 39.0 Å². The molecule has 1 N–H and O–H groups in total. The lowest BCUT2D eigenvalue weighted by molar-refractivity contribution is 0.566. The standard InChI is InChI=1S/C13H18BrN5O/c1-3-8-19-13(20)12(14)11(9-17-19)15-6-4-10-5-7-16-18(10)2/h5,7,9,15H,3-4,6,8H2,1-2H3. The topological polar surface area (TPSA) is 64.7 Å². The number of hydrogen-bond acceptors (Lipinski definition) is 4. The summed E-state index contributed by atoms with van der Waals surface area (Å²) in [5.74, 6) is 0. The van der Waals surface area contributed by atoms with E-state index in [0.717, 1.165) is 30.8 Å². The SMILES string of the molecule is CCCn1ncc(NCCc2ccnn2C)c(Br)c1=O. The van der Waals surface area contributed by atoms with Crippen LogP contribution in [-0.4, -0.2) is 26.1 Å². The molecule has 2 aromatic heterocycles. The second-order valence-electron chi connectivity index (χ2n) is 4.52. The Morgan fingerprint density at radius 3 is 2.85 bits per heavy atom. The minimum atomic E-state index is -0.0996. The zero-order valence-electron chi connectivity index (χ0n) is 11.6. The van der Waals surface area contributed by atoms with Crippen molar-refractivity contribution < 1.29 is 0 Å². The van der Waals surface area contributed by atoms with E-state index in [1.165, 1.54) is 4.68 Å². The molecule has 0 aromatic carbocycles. The van der Waals surface area contributed by atoms with Gasteiger partial charge in [-0.15, -0.1) is 0 Å². The van der Waals surface area contributed by atoms with E-state index in [2.05, 4.69) is 31.4 Å². The molecular weight excluding hydrogens is 322 g/mol. The van der Waals surface area contributed by atoms with Crippen molar-refractivity contribution in [2.24, 2.45) is 7.05 Å². The van der Waals surface area contributed by atoms with E-state index in [-0.39, 0.29) is 5.56 Å². The van der Waals surface area contributed by atoms with Crippen molar-refractivity contribution in [2.45, 2.75) is 26.3 Å². The number of halogens is 1. The van der Waals surface area contributed by atoms with Gasteiger partial charge in [-0.1, -0.05) is 6.92 Å². The highest BCUT2D eigenvalue weighted by atomic mass is 79.9. The molecule has 108 valence electrons. The van der Waals surface area contributed by atoms with Gasteiger partial charge < -0.3 is 5.32 Å². The summed E-state index contributed by atoms with van der Waals surface area (Å²) < 4.78 is 3.84. The number of rotatable bonds is 6. The van der Waals surface area contributed by atoms with Crippen molar-refractivity contribution in [2.75, 3.05) is 11.9 Å². The largest absolute Gasteiger partial charge is 0.382 e. The van der Waals surface area contributed by atoms with E-state index in [0.29, 0.717) is 11.0 Å². The van der Waals surface area contributed by atoms with Gasteiger partial charge in [0.05, 0.1) is 11.9 Å². The third-order valence-corrected chi connectivity index (χ3v) is 3.81. The number of nitrogens with one attached hydrogen (secondary N) is 1. The highest BCUT2D eigenvalue weighted by Gasteiger charge is 2.08.